The van der Waals surface area contributed by atoms with Crippen molar-refractivity contribution >= 4 is 11.9 Å². The number of ketones is 1. The molecule has 0 saturated carbocycles. The minimum absolute atomic E-state index is 0.0192. The first kappa shape index (κ1) is 38.5. The van der Waals surface area contributed by atoms with Crippen molar-refractivity contribution in [2.75, 3.05) is 0 Å². The number of rotatable bonds is 2. The van der Waals surface area contributed by atoms with Crippen molar-refractivity contribution in [3.63, 3.8) is 0 Å². The first-order valence-corrected chi connectivity index (χ1v) is 19.2. The van der Waals surface area contributed by atoms with E-state index in [-0.39, 0.29) is 27.6 Å². The van der Waals surface area contributed by atoms with Gasteiger partial charge in [-0.25, -0.2) is 0 Å². The highest BCUT2D eigenvalue weighted by atomic mass is 16.1. The molecule has 0 saturated heterocycles. The van der Waals surface area contributed by atoms with E-state index in [0.717, 1.165) is 18.4 Å². The molecule has 6 rings (SSSR count). The van der Waals surface area contributed by atoms with Crippen LogP contribution in [0.25, 0.3) is 28.3 Å². The number of hydrogen-bond donors (Lipinski definition) is 0. The molecule has 51 heavy (non-hydrogen) atoms. The molecule has 0 N–H and O–H groups in total. The maximum atomic E-state index is 12.8. The minimum Gasteiger partial charge on any atom is -0.294 e. The van der Waals surface area contributed by atoms with Crippen LogP contribution in [0.3, 0.4) is 0 Å². The number of carbonyl (C=O) groups is 1. The number of benzene rings is 4. The number of carbonyl (C=O) groups excluding carboxylic acids is 1. The molecule has 270 valence electrons. The Kier molecular flexibility index (Phi) is 10.1. The van der Waals surface area contributed by atoms with Crippen LogP contribution in [-0.2, 0) is 34.5 Å². The first-order valence-electron chi connectivity index (χ1n) is 19.2. The monoisotopic (exact) mass is 680 g/mol. The fourth-order valence-corrected chi connectivity index (χ4v) is 8.32. The Morgan fingerprint density at radius 3 is 1.37 bits per heavy atom. The van der Waals surface area contributed by atoms with Gasteiger partial charge in [-0.05, 0) is 134 Å². The summed E-state index contributed by atoms with van der Waals surface area (Å²) in [5, 5.41) is 0. The zero-order valence-corrected chi connectivity index (χ0v) is 34.8. The summed E-state index contributed by atoms with van der Waals surface area (Å²) < 4.78 is 0. The highest BCUT2D eigenvalue weighted by Gasteiger charge is 2.33. The summed E-state index contributed by atoms with van der Waals surface area (Å²) >= 11 is 0. The molecule has 1 atom stereocenters. The molecule has 0 aliphatic heterocycles. The van der Waals surface area contributed by atoms with Crippen LogP contribution in [0.4, 0.5) is 0 Å². The highest BCUT2D eigenvalue weighted by molar-refractivity contribution is 6.04. The summed E-state index contributed by atoms with van der Waals surface area (Å²) in [6.45, 7) is 36.0. The van der Waals surface area contributed by atoms with Gasteiger partial charge in [-0.3, -0.25) is 4.79 Å². The van der Waals surface area contributed by atoms with Gasteiger partial charge in [0, 0.05) is 11.5 Å². The molecule has 0 amide bonds. The molecule has 0 bridgehead atoms. The van der Waals surface area contributed by atoms with Gasteiger partial charge in [0.1, 0.15) is 0 Å². The topological polar surface area (TPSA) is 17.1 Å². The molecule has 1 unspecified atom stereocenters. The average Bonchev–Trinajstić information content (AvgIpc) is 3.52. The van der Waals surface area contributed by atoms with E-state index in [1.807, 2.05) is 0 Å². The van der Waals surface area contributed by atoms with Crippen molar-refractivity contribution in [1.29, 1.82) is 0 Å². The lowest BCUT2D eigenvalue weighted by Gasteiger charge is -2.26. The Balaban J connectivity index is 0.000000198. The molecule has 4 aromatic carbocycles. The average molecular weight is 681 g/mol. The summed E-state index contributed by atoms with van der Waals surface area (Å²) in [5.74, 6) is 0.394. The van der Waals surface area contributed by atoms with Crippen molar-refractivity contribution in [2.24, 2.45) is 5.92 Å². The number of Topliss-reactive ketones (excluding diaryl/α,β-unsaturated/α-hetero) is 1. The van der Waals surface area contributed by atoms with Crippen molar-refractivity contribution in [1.82, 2.24) is 0 Å². The summed E-state index contributed by atoms with van der Waals surface area (Å²) in [7, 11) is 0. The molecular weight excluding hydrogens is 617 g/mol. The van der Waals surface area contributed by atoms with Gasteiger partial charge >= 0.3 is 0 Å². The molecule has 0 spiro atoms. The van der Waals surface area contributed by atoms with E-state index in [1.54, 1.807) is 0 Å². The van der Waals surface area contributed by atoms with E-state index in [4.69, 9.17) is 0 Å². The predicted octanol–water partition coefficient (Wildman–Crippen LogP) is 13.8. The zero-order chi connectivity index (χ0) is 38.0. The standard InChI is InChI=1S/C25H32O.C25H32/c1-15-13-19-20(23(15)26)14-21(25(6,7)8)16(2)22(19)17-9-11-18(12-10-17)24(3,4)5;1-16-13-19-15-22(25(6,7)8)17(2)23(21(19)14-16)18-9-11-20(12-10-18)24(3,4)5/h9-12,14-15H,13H2,1-8H3;9-13,15H,14H2,1-8H3. The Morgan fingerprint density at radius 2 is 0.961 bits per heavy atom. The van der Waals surface area contributed by atoms with E-state index in [9.17, 15) is 4.79 Å². The third-order valence-corrected chi connectivity index (χ3v) is 11.2. The Morgan fingerprint density at radius 1 is 0.549 bits per heavy atom. The maximum absolute atomic E-state index is 12.8. The Hall–Kier alpha value is -3.71. The van der Waals surface area contributed by atoms with Crippen molar-refractivity contribution in [3.05, 3.63) is 122 Å². The number of fused-ring (bicyclic) bond motifs is 2. The molecular formula is C50H64O. The quantitative estimate of drug-likeness (QED) is 0.206. The van der Waals surface area contributed by atoms with Crippen molar-refractivity contribution < 1.29 is 4.79 Å². The van der Waals surface area contributed by atoms with Crippen LogP contribution in [0, 0.1) is 19.8 Å². The zero-order valence-electron chi connectivity index (χ0n) is 34.8. The largest absolute Gasteiger partial charge is 0.294 e. The van der Waals surface area contributed by atoms with E-state index in [2.05, 4.69) is 178 Å². The van der Waals surface area contributed by atoms with Crippen LogP contribution in [0.5, 0.6) is 0 Å². The van der Waals surface area contributed by atoms with E-state index in [1.165, 1.54) is 77.9 Å². The first-order chi connectivity index (χ1) is 23.4. The fourth-order valence-electron chi connectivity index (χ4n) is 8.32. The summed E-state index contributed by atoms with van der Waals surface area (Å²) in [6.07, 6.45) is 4.31. The SMILES string of the molecule is CC1=Cc2cc(C(C)(C)C)c(C)c(-c3ccc(C(C)(C)C)cc3)c2C1.Cc1c(C(C)(C)C)cc2c(c1-c1ccc(C(C)(C)C)cc1)CC(C)C2=O. The van der Waals surface area contributed by atoms with Gasteiger partial charge in [0.05, 0.1) is 0 Å². The van der Waals surface area contributed by atoms with Gasteiger partial charge in [-0.15, -0.1) is 0 Å². The molecule has 1 heteroatoms. The Bertz CT molecular complexity index is 1980. The third-order valence-electron chi connectivity index (χ3n) is 11.2. The van der Waals surface area contributed by atoms with Gasteiger partial charge in [-0.2, -0.15) is 0 Å². The van der Waals surface area contributed by atoms with E-state index >= 15 is 0 Å². The lowest BCUT2D eigenvalue weighted by atomic mass is 9.78. The molecule has 0 radical (unpaired) electrons. The molecule has 2 aliphatic rings. The summed E-state index contributed by atoms with van der Waals surface area (Å²) in [6, 6.07) is 22.8. The van der Waals surface area contributed by atoms with Crippen molar-refractivity contribution in [3.8, 4) is 22.3 Å². The minimum atomic E-state index is 0.0192. The van der Waals surface area contributed by atoms with Gasteiger partial charge in [0.25, 0.3) is 0 Å². The van der Waals surface area contributed by atoms with Gasteiger partial charge in [0.15, 0.2) is 5.78 Å². The number of allylic oxidation sites excluding steroid dienone is 1. The summed E-state index contributed by atoms with van der Waals surface area (Å²) in [5.41, 5.74) is 20.7. The molecule has 2 aliphatic carbocycles. The van der Waals surface area contributed by atoms with Crippen molar-refractivity contribution in [2.45, 2.75) is 145 Å². The maximum Gasteiger partial charge on any atom is 0.166 e. The Labute approximate surface area is 311 Å². The van der Waals surface area contributed by atoms with Crippen LogP contribution >= 0.6 is 0 Å². The van der Waals surface area contributed by atoms with Gasteiger partial charge in [0.2, 0.25) is 0 Å². The second kappa shape index (κ2) is 13.4. The van der Waals surface area contributed by atoms with Gasteiger partial charge in [-0.1, -0.05) is 156 Å². The third kappa shape index (κ3) is 7.74. The second-order valence-electron chi connectivity index (χ2n) is 19.7. The number of hydrogen-bond acceptors (Lipinski definition) is 1. The van der Waals surface area contributed by atoms with Crippen LogP contribution in [-0.4, -0.2) is 5.78 Å². The fraction of sp³-hybridized carbons (Fsp3) is 0.460. The predicted molar refractivity (Wildman–Crippen MR) is 223 cm³/mol. The molecule has 4 aromatic rings. The molecule has 0 aromatic heterocycles. The molecule has 0 heterocycles. The second-order valence-corrected chi connectivity index (χ2v) is 19.7. The van der Waals surface area contributed by atoms with Crippen LogP contribution in [0.1, 0.15) is 157 Å². The van der Waals surface area contributed by atoms with E-state index < -0.39 is 0 Å². The highest BCUT2D eigenvalue weighted by Crippen LogP contribution is 2.44. The molecule has 1 nitrogen and oxygen atoms in total. The van der Waals surface area contributed by atoms with Crippen LogP contribution < -0.4 is 0 Å². The van der Waals surface area contributed by atoms with Crippen LogP contribution in [0.2, 0.25) is 0 Å². The lowest BCUT2D eigenvalue weighted by Crippen LogP contribution is -2.16. The smallest absolute Gasteiger partial charge is 0.166 e. The van der Waals surface area contributed by atoms with Gasteiger partial charge < -0.3 is 0 Å². The molecule has 0 fully saturated rings. The normalized spacial score (nSPS) is 16.0. The van der Waals surface area contributed by atoms with Crippen LogP contribution in [0.15, 0.2) is 66.2 Å². The van der Waals surface area contributed by atoms with E-state index in [0.29, 0.717) is 5.78 Å². The summed E-state index contributed by atoms with van der Waals surface area (Å²) in [4.78, 5) is 12.8. The lowest BCUT2D eigenvalue weighted by molar-refractivity contribution is 0.0946.